The average Bonchev–Trinajstić information content (AvgIpc) is 1.85. The summed E-state index contributed by atoms with van der Waals surface area (Å²) in [7, 11) is 3.56. The van der Waals surface area contributed by atoms with E-state index in [0.717, 1.165) is 0 Å². The van der Waals surface area contributed by atoms with Gasteiger partial charge in [0.25, 0.3) is 0 Å². The summed E-state index contributed by atoms with van der Waals surface area (Å²) in [5.74, 6) is 0. The Morgan fingerprint density at radius 3 is 1.17 bits per heavy atom. The molecule has 1 rings (SSSR count). The molecule has 1 saturated carbocycles. The van der Waals surface area contributed by atoms with Gasteiger partial charge in [-0.2, -0.15) is 0 Å². The summed E-state index contributed by atoms with van der Waals surface area (Å²) in [5, 5.41) is 0. The lowest BCUT2D eigenvalue weighted by atomic mass is 9.51. The Hall–Kier alpha value is -0.0800. The summed E-state index contributed by atoms with van der Waals surface area (Å²) < 4.78 is 10.9. The summed E-state index contributed by atoms with van der Waals surface area (Å²) >= 11 is 0. The molecule has 72 valence electrons. The van der Waals surface area contributed by atoms with E-state index in [9.17, 15) is 0 Å². The molecular formula is C10H20O2. The summed E-state index contributed by atoms with van der Waals surface area (Å²) in [6, 6.07) is 0. The van der Waals surface area contributed by atoms with Crippen LogP contribution in [0, 0.1) is 10.8 Å². The van der Waals surface area contributed by atoms with E-state index >= 15 is 0 Å². The van der Waals surface area contributed by atoms with Crippen LogP contribution in [0.2, 0.25) is 0 Å². The summed E-state index contributed by atoms with van der Waals surface area (Å²) in [6.07, 6.45) is 0.602. The smallest absolute Gasteiger partial charge is 0.0723 e. The number of methoxy groups -OCH3 is 2. The van der Waals surface area contributed by atoms with E-state index in [4.69, 9.17) is 9.47 Å². The molecule has 0 amide bonds. The number of hydrogen-bond acceptors (Lipinski definition) is 2. The first-order valence-corrected chi connectivity index (χ1v) is 4.44. The van der Waals surface area contributed by atoms with Crippen molar-refractivity contribution in [3.05, 3.63) is 0 Å². The number of hydrogen-bond donors (Lipinski definition) is 0. The zero-order chi connectivity index (χ0) is 9.57. The lowest BCUT2D eigenvalue weighted by Gasteiger charge is -2.62. The quantitative estimate of drug-likeness (QED) is 0.635. The summed E-state index contributed by atoms with van der Waals surface area (Å²) in [5.41, 5.74) is 0.292. The third-order valence-electron chi connectivity index (χ3n) is 3.17. The largest absolute Gasteiger partial charge is 0.380 e. The van der Waals surface area contributed by atoms with Gasteiger partial charge in [0.2, 0.25) is 0 Å². The van der Waals surface area contributed by atoms with E-state index in [0.29, 0.717) is 12.2 Å². The molecule has 0 N–H and O–H groups in total. The Morgan fingerprint density at radius 2 is 1.00 bits per heavy atom. The van der Waals surface area contributed by atoms with E-state index in [1.165, 1.54) is 0 Å². The molecule has 0 heterocycles. The molecule has 0 aromatic carbocycles. The zero-order valence-electron chi connectivity index (χ0n) is 8.97. The monoisotopic (exact) mass is 172 g/mol. The predicted molar refractivity (Wildman–Crippen MR) is 49.2 cm³/mol. The van der Waals surface area contributed by atoms with Crippen molar-refractivity contribution in [1.82, 2.24) is 0 Å². The van der Waals surface area contributed by atoms with Gasteiger partial charge in [-0.25, -0.2) is 0 Å². The van der Waals surface area contributed by atoms with Crippen molar-refractivity contribution >= 4 is 0 Å². The number of ether oxygens (including phenoxy) is 2. The third-order valence-corrected chi connectivity index (χ3v) is 3.17. The Kier molecular flexibility index (Phi) is 2.26. The highest BCUT2D eigenvalue weighted by Crippen LogP contribution is 2.56. The lowest BCUT2D eigenvalue weighted by molar-refractivity contribution is -0.267. The molecule has 0 atom stereocenters. The highest BCUT2D eigenvalue weighted by Gasteiger charge is 2.62. The summed E-state index contributed by atoms with van der Waals surface area (Å²) in [6.45, 7) is 8.78. The fraction of sp³-hybridized carbons (Fsp3) is 1.00. The standard InChI is InChI=1S/C10H20O2/c1-9(2)7(11-5)10(3,4)8(9)12-6/h7-8H,1-6H3/t7-,8-. The second-order valence-corrected chi connectivity index (χ2v) is 4.87. The third kappa shape index (κ3) is 1.01. The minimum Gasteiger partial charge on any atom is -0.380 e. The molecule has 0 unspecified atom stereocenters. The molecule has 2 heteroatoms. The molecule has 0 aromatic heterocycles. The van der Waals surface area contributed by atoms with Gasteiger partial charge in [0.05, 0.1) is 12.2 Å². The van der Waals surface area contributed by atoms with E-state index in [1.54, 1.807) is 14.2 Å². The fourth-order valence-corrected chi connectivity index (χ4v) is 3.31. The van der Waals surface area contributed by atoms with E-state index < -0.39 is 0 Å². The van der Waals surface area contributed by atoms with Gasteiger partial charge in [0, 0.05) is 25.0 Å². The maximum absolute atomic E-state index is 5.47. The first-order chi connectivity index (χ1) is 5.39. The molecule has 0 aromatic rings. The van der Waals surface area contributed by atoms with Gasteiger partial charge in [-0.05, 0) is 0 Å². The molecule has 0 saturated heterocycles. The van der Waals surface area contributed by atoms with Crippen LogP contribution in [-0.4, -0.2) is 26.4 Å². The second kappa shape index (κ2) is 2.71. The molecule has 0 aliphatic heterocycles. The topological polar surface area (TPSA) is 18.5 Å². The van der Waals surface area contributed by atoms with Gasteiger partial charge >= 0.3 is 0 Å². The fourth-order valence-electron chi connectivity index (χ4n) is 3.31. The van der Waals surface area contributed by atoms with Crippen molar-refractivity contribution < 1.29 is 9.47 Å². The van der Waals surface area contributed by atoms with Gasteiger partial charge in [-0.3, -0.25) is 0 Å². The molecule has 1 aliphatic carbocycles. The summed E-state index contributed by atoms with van der Waals surface area (Å²) in [4.78, 5) is 0. The minimum absolute atomic E-state index is 0.146. The molecule has 12 heavy (non-hydrogen) atoms. The normalized spacial score (nSPS) is 37.5. The first-order valence-electron chi connectivity index (χ1n) is 4.44. The van der Waals surface area contributed by atoms with Crippen LogP contribution in [0.5, 0.6) is 0 Å². The molecule has 0 radical (unpaired) electrons. The number of rotatable bonds is 2. The SMILES string of the molecule is CO[C@H]1C(C)(C)[C@H](OC)C1(C)C. The Balaban J connectivity index is 2.81. The van der Waals surface area contributed by atoms with Crippen LogP contribution in [0.4, 0.5) is 0 Å². The minimum atomic E-state index is 0.146. The van der Waals surface area contributed by atoms with Crippen LogP contribution in [0.1, 0.15) is 27.7 Å². The van der Waals surface area contributed by atoms with Crippen molar-refractivity contribution in [2.45, 2.75) is 39.9 Å². The van der Waals surface area contributed by atoms with Gasteiger partial charge in [-0.1, -0.05) is 27.7 Å². The lowest BCUT2D eigenvalue weighted by Crippen LogP contribution is -2.68. The van der Waals surface area contributed by atoms with Crippen molar-refractivity contribution in [3.63, 3.8) is 0 Å². The molecule has 1 fully saturated rings. The maximum Gasteiger partial charge on any atom is 0.0723 e. The highest BCUT2D eigenvalue weighted by atomic mass is 16.5. The molecule has 1 aliphatic rings. The average molecular weight is 172 g/mol. The Labute approximate surface area is 75.2 Å². The van der Waals surface area contributed by atoms with E-state index in [1.807, 2.05) is 0 Å². The second-order valence-electron chi connectivity index (χ2n) is 4.87. The van der Waals surface area contributed by atoms with Crippen LogP contribution in [0.3, 0.4) is 0 Å². The van der Waals surface area contributed by atoms with Gasteiger partial charge in [-0.15, -0.1) is 0 Å². The molecule has 2 nitrogen and oxygen atoms in total. The predicted octanol–water partition coefficient (Wildman–Crippen LogP) is 2.08. The molecule has 0 bridgehead atoms. The van der Waals surface area contributed by atoms with Crippen LogP contribution in [-0.2, 0) is 9.47 Å². The first kappa shape index (κ1) is 10.0. The van der Waals surface area contributed by atoms with E-state index in [-0.39, 0.29) is 10.8 Å². The van der Waals surface area contributed by atoms with Crippen molar-refractivity contribution in [3.8, 4) is 0 Å². The highest BCUT2D eigenvalue weighted by molar-refractivity contribution is 5.11. The van der Waals surface area contributed by atoms with Crippen molar-refractivity contribution in [2.24, 2.45) is 10.8 Å². The van der Waals surface area contributed by atoms with Crippen LogP contribution in [0.25, 0.3) is 0 Å². The molecular weight excluding hydrogens is 152 g/mol. The van der Waals surface area contributed by atoms with E-state index in [2.05, 4.69) is 27.7 Å². The van der Waals surface area contributed by atoms with Crippen molar-refractivity contribution in [1.29, 1.82) is 0 Å². The van der Waals surface area contributed by atoms with Crippen LogP contribution in [0.15, 0.2) is 0 Å². The van der Waals surface area contributed by atoms with Crippen molar-refractivity contribution in [2.75, 3.05) is 14.2 Å². The van der Waals surface area contributed by atoms with Gasteiger partial charge in [0.1, 0.15) is 0 Å². The van der Waals surface area contributed by atoms with Crippen LogP contribution >= 0.6 is 0 Å². The maximum atomic E-state index is 5.47. The Bertz CT molecular complexity index is 141. The van der Waals surface area contributed by atoms with Gasteiger partial charge < -0.3 is 9.47 Å². The zero-order valence-corrected chi connectivity index (χ0v) is 8.97. The Morgan fingerprint density at radius 1 is 0.750 bits per heavy atom. The van der Waals surface area contributed by atoms with Gasteiger partial charge in [0.15, 0.2) is 0 Å². The van der Waals surface area contributed by atoms with Crippen LogP contribution < -0.4 is 0 Å². The molecule has 0 spiro atoms.